The minimum absolute atomic E-state index is 0.0658. The molecule has 2 aromatic heterocycles. The van der Waals surface area contributed by atoms with Crippen molar-refractivity contribution in [3.63, 3.8) is 0 Å². The minimum atomic E-state index is -0.0658. The standard InChI is InChI=1S/C20H20BrN3O2S/c1-14-12-18(26-22-14)20(25)24-10-8-23(9-11-24)13-17-6-7-19(27-17)15-2-4-16(21)5-3-15/h2-7,12H,8-11,13H2,1H3. The summed E-state index contributed by atoms with van der Waals surface area (Å²) in [6.07, 6.45) is 0. The van der Waals surface area contributed by atoms with Gasteiger partial charge in [-0.1, -0.05) is 33.2 Å². The average Bonchev–Trinajstić information content (AvgIpc) is 3.32. The molecule has 0 bridgehead atoms. The van der Waals surface area contributed by atoms with E-state index < -0.39 is 0 Å². The monoisotopic (exact) mass is 445 g/mol. The van der Waals surface area contributed by atoms with Crippen molar-refractivity contribution in [1.82, 2.24) is 15.0 Å². The maximum Gasteiger partial charge on any atom is 0.292 e. The number of carbonyl (C=O) groups is 1. The molecule has 1 aliphatic rings. The highest BCUT2D eigenvalue weighted by Gasteiger charge is 2.24. The maximum atomic E-state index is 12.4. The predicted molar refractivity (Wildman–Crippen MR) is 110 cm³/mol. The molecule has 0 saturated carbocycles. The van der Waals surface area contributed by atoms with Crippen molar-refractivity contribution in [3.05, 3.63) is 63.3 Å². The van der Waals surface area contributed by atoms with Crippen LogP contribution in [-0.2, 0) is 6.54 Å². The Labute approximate surface area is 170 Å². The Morgan fingerprint density at radius 1 is 1.15 bits per heavy atom. The van der Waals surface area contributed by atoms with Crippen molar-refractivity contribution in [3.8, 4) is 10.4 Å². The van der Waals surface area contributed by atoms with Crippen LogP contribution in [0, 0.1) is 6.92 Å². The summed E-state index contributed by atoms with van der Waals surface area (Å²) in [7, 11) is 0. The first-order valence-electron chi connectivity index (χ1n) is 8.88. The predicted octanol–water partition coefficient (Wildman–Crippen LogP) is 4.43. The lowest BCUT2D eigenvalue weighted by molar-refractivity contribution is 0.0590. The number of aromatic nitrogens is 1. The van der Waals surface area contributed by atoms with Crippen LogP contribution < -0.4 is 0 Å². The van der Waals surface area contributed by atoms with Crippen LogP contribution in [0.25, 0.3) is 10.4 Å². The maximum absolute atomic E-state index is 12.4. The van der Waals surface area contributed by atoms with Crippen molar-refractivity contribution in [2.45, 2.75) is 13.5 Å². The third kappa shape index (κ3) is 4.31. The van der Waals surface area contributed by atoms with E-state index in [1.807, 2.05) is 23.2 Å². The highest BCUT2D eigenvalue weighted by Crippen LogP contribution is 2.30. The Kier molecular flexibility index (Phi) is 5.43. The number of nitrogens with zero attached hydrogens (tertiary/aromatic N) is 3. The van der Waals surface area contributed by atoms with E-state index in [-0.39, 0.29) is 5.91 Å². The molecule has 0 spiro atoms. The van der Waals surface area contributed by atoms with E-state index >= 15 is 0 Å². The zero-order valence-corrected chi connectivity index (χ0v) is 17.4. The number of rotatable bonds is 4. The summed E-state index contributed by atoms with van der Waals surface area (Å²) in [5, 5.41) is 3.80. The zero-order chi connectivity index (χ0) is 18.8. The Bertz CT molecular complexity index is 927. The molecule has 27 heavy (non-hydrogen) atoms. The van der Waals surface area contributed by atoms with Crippen LogP contribution in [0.3, 0.4) is 0 Å². The molecule has 5 nitrogen and oxygen atoms in total. The molecule has 3 heterocycles. The van der Waals surface area contributed by atoms with Gasteiger partial charge in [-0.2, -0.15) is 0 Å². The van der Waals surface area contributed by atoms with Gasteiger partial charge >= 0.3 is 0 Å². The van der Waals surface area contributed by atoms with Gasteiger partial charge in [-0.15, -0.1) is 11.3 Å². The Hall–Kier alpha value is -1.96. The van der Waals surface area contributed by atoms with Crippen LogP contribution in [0.5, 0.6) is 0 Å². The fourth-order valence-corrected chi connectivity index (χ4v) is 4.50. The van der Waals surface area contributed by atoms with E-state index in [0.29, 0.717) is 18.8 Å². The number of benzene rings is 1. The van der Waals surface area contributed by atoms with Gasteiger partial charge in [0.2, 0.25) is 5.76 Å². The first-order valence-corrected chi connectivity index (χ1v) is 10.5. The molecule has 1 aromatic carbocycles. The summed E-state index contributed by atoms with van der Waals surface area (Å²) < 4.78 is 6.19. The Morgan fingerprint density at radius 3 is 2.56 bits per heavy atom. The molecule has 4 rings (SSSR count). The van der Waals surface area contributed by atoms with Crippen LogP contribution in [0.2, 0.25) is 0 Å². The lowest BCUT2D eigenvalue weighted by Crippen LogP contribution is -2.48. The van der Waals surface area contributed by atoms with Crippen LogP contribution in [0.15, 0.2) is 51.5 Å². The fraction of sp³-hybridized carbons (Fsp3) is 0.300. The summed E-state index contributed by atoms with van der Waals surface area (Å²) in [4.78, 5) is 19.3. The van der Waals surface area contributed by atoms with Gasteiger partial charge in [-0.05, 0) is 36.8 Å². The van der Waals surface area contributed by atoms with Crippen LogP contribution >= 0.6 is 27.3 Å². The number of carbonyl (C=O) groups excluding carboxylic acids is 1. The van der Waals surface area contributed by atoms with Gasteiger partial charge in [-0.3, -0.25) is 9.69 Å². The average molecular weight is 446 g/mol. The summed E-state index contributed by atoms with van der Waals surface area (Å²) in [6, 6.07) is 14.5. The molecule has 1 amide bonds. The number of piperazine rings is 1. The van der Waals surface area contributed by atoms with Crippen LogP contribution in [0.4, 0.5) is 0 Å². The number of hydrogen-bond acceptors (Lipinski definition) is 5. The van der Waals surface area contributed by atoms with Gasteiger partial charge in [0.05, 0.1) is 5.69 Å². The number of amides is 1. The molecular weight excluding hydrogens is 426 g/mol. The second kappa shape index (κ2) is 7.96. The first kappa shape index (κ1) is 18.4. The smallest absolute Gasteiger partial charge is 0.292 e. The molecule has 140 valence electrons. The van der Waals surface area contributed by atoms with Crippen molar-refractivity contribution in [2.75, 3.05) is 26.2 Å². The van der Waals surface area contributed by atoms with Crippen molar-refractivity contribution in [1.29, 1.82) is 0 Å². The fourth-order valence-electron chi connectivity index (χ4n) is 3.18. The summed E-state index contributed by atoms with van der Waals surface area (Å²) in [6.45, 7) is 5.90. The first-order chi connectivity index (χ1) is 13.1. The van der Waals surface area contributed by atoms with Crippen LogP contribution in [-0.4, -0.2) is 47.0 Å². The number of aryl methyl sites for hydroxylation is 1. The SMILES string of the molecule is Cc1cc(C(=O)N2CCN(Cc3ccc(-c4ccc(Br)cc4)s3)CC2)on1. The molecule has 0 radical (unpaired) electrons. The lowest BCUT2D eigenvalue weighted by Gasteiger charge is -2.33. The van der Waals surface area contributed by atoms with Gasteiger partial charge in [0.25, 0.3) is 5.91 Å². The van der Waals surface area contributed by atoms with Crippen molar-refractivity contribution in [2.24, 2.45) is 0 Å². The second-order valence-corrected chi connectivity index (χ2v) is 8.76. The molecule has 7 heteroatoms. The normalized spacial score (nSPS) is 15.3. The molecule has 0 atom stereocenters. The molecule has 1 aliphatic heterocycles. The topological polar surface area (TPSA) is 49.6 Å². The van der Waals surface area contributed by atoms with E-state index in [1.54, 1.807) is 6.07 Å². The molecule has 3 aromatic rings. The second-order valence-electron chi connectivity index (χ2n) is 6.67. The van der Waals surface area contributed by atoms with E-state index in [2.05, 4.69) is 62.4 Å². The summed E-state index contributed by atoms with van der Waals surface area (Å²) >= 11 is 5.31. The molecule has 0 aliphatic carbocycles. The number of hydrogen-bond donors (Lipinski definition) is 0. The van der Waals surface area contributed by atoms with Crippen molar-refractivity contribution < 1.29 is 9.32 Å². The zero-order valence-electron chi connectivity index (χ0n) is 15.0. The number of thiophene rings is 1. The molecular formula is C20H20BrN3O2S. The summed E-state index contributed by atoms with van der Waals surface area (Å²) in [5.41, 5.74) is 1.98. The van der Waals surface area contributed by atoms with E-state index in [9.17, 15) is 4.79 Å². The third-order valence-corrected chi connectivity index (χ3v) is 6.32. The molecule has 1 fully saturated rings. The van der Waals surface area contributed by atoms with E-state index in [4.69, 9.17) is 4.52 Å². The highest BCUT2D eigenvalue weighted by atomic mass is 79.9. The van der Waals surface area contributed by atoms with Gasteiger partial charge in [0, 0.05) is 53.0 Å². The molecule has 0 unspecified atom stereocenters. The largest absolute Gasteiger partial charge is 0.351 e. The van der Waals surface area contributed by atoms with Crippen LogP contribution in [0.1, 0.15) is 21.1 Å². The highest BCUT2D eigenvalue weighted by molar-refractivity contribution is 9.10. The lowest BCUT2D eigenvalue weighted by atomic mass is 10.2. The van der Waals surface area contributed by atoms with Gasteiger partial charge in [-0.25, -0.2) is 0 Å². The summed E-state index contributed by atoms with van der Waals surface area (Å²) in [5.74, 6) is 0.266. The van der Waals surface area contributed by atoms with E-state index in [0.717, 1.165) is 29.8 Å². The quantitative estimate of drug-likeness (QED) is 0.595. The Balaban J connectivity index is 1.33. The molecule has 0 N–H and O–H groups in total. The third-order valence-electron chi connectivity index (χ3n) is 4.67. The van der Waals surface area contributed by atoms with Gasteiger partial charge in [0.1, 0.15) is 0 Å². The molecule has 1 saturated heterocycles. The Morgan fingerprint density at radius 2 is 1.89 bits per heavy atom. The van der Waals surface area contributed by atoms with Gasteiger partial charge < -0.3 is 9.42 Å². The van der Waals surface area contributed by atoms with E-state index in [1.165, 1.54) is 15.3 Å². The minimum Gasteiger partial charge on any atom is -0.351 e. The van der Waals surface area contributed by atoms with Crippen molar-refractivity contribution >= 4 is 33.2 Å². The van der Waals surface area contributed by atoms with Gasteiger partial charge in [0.15, 0.2) is 0 Å². The number of halogens is 1.